The lowest BCUT2D eigenvalue weighted by Crippen LogP contribution is -2.46. The molecule has 7 heteroatoms. The van der Waals surface area contributed by atoms with Gasteiger partial charge in [-0.1, -0.05) is 96.6 Å². The van der Waals surface area contributed by atoms with Gasteiger partial charge in [0.05, 0.1) is 12.0 Å². The Balaban J connectivity index is 1.74. The third-order valence-corrected chi connectivity index (χ3v) is 8.13. The molecule has 0 bridgehead atoms. The number of carbonyl (C=O) groups is 1. The molecule has 0 amide bonds. The number of para-hydroxylation sites is 1. The first-order valence-corrected chi connectivity index (χ1v) is 13.8. The van der Waals surface area contributed by atoms with Crippen LogP contribution in [-0.2, 0) is 39.1 Å². The second kappa shape index (κ2) is 12.5. The summed E-state index contributed by atoms with van der Waals surface area (Å²) in [4.78, 5) is 13.2. The van der Waals surface area contributed by atoms with Crippen LogP contribution in [0.25, 0.3) is 0 Å². The SMILES string of the molecule is COC(=O)[C@H](Cc1ccccc1)N(Cc1ccccc1OCc1ccccc1)S(=O)(=O)c1ccc(C)cc1. The summed E-state index contributed by atoms with van der Waals surface area (Å²) in [7, 11) is -2.83. The third kappa shape index (κ3) is 6.68. The van der Waals surface area contributed by atoms with Crippen molar-refractivity contribution in [3.8, 4) is 5.75 Å². The molecule has 0 aliphatic heterocycles. The third-order valence-electron chi connectivity index (χ3n) is 6.26. The van der Waals surface area contributed by atoms with Gasteiger partial charge in [0.2, 0.25) is 10.0 Å². The zero-order valence-electron chi connectivity index (χ0n) is 21.5. The minimum atomic E-state index is -4.10. The average molecular weight is 530 g/mol. The van der Waals surface area contributed by atoms with Crippen LogP contribution < -0.4 is 4.74 Å². The molecule has 0 N–H and O–H groups in total. The number of ether oxygens (including phenoxy) is 2. The van der Waals surface area contributed by atoms with Crippen LogP contribution >= 0.6 is 0 Å². The van der Waals surface area contributed by atoms with E-state index >= 15 is 0 Å². The first-order chi connectivity index (χ1) is 18.4. The lowest BCUT2D eigenvalue weighted by Gasteiger charge is -2.30. The van der Waals surface area contributed by atoms with E-state index < -0.39 is 22.0 Å². The van der Waals surface area contributed by atoms with Crippen LogP contribution in [0.2, 0.25) is 0 Å². The molecule has 0 heterocycles. The molecule has 4 aromatic carbocycles. The number of esters is 1. The molecule has 1 atom stereocenters. The molecule has 0 spiro atoms. The van der Waals surface area contributed by atoms with E-state index in [1.807, 2.05) is 85.8 Å². The number of aryl methyl sites for hydroxylation is 1. The van der Waals surface area contributed by atoms with Gasteiger partial charge in [0.25, 0.3) is 0 Å². The molecule has 6 nitrogen and oxygen atoms in total. The summed E-state index contributed by atoms with van der Waals surface area (Å²) in [6.07, 6.45) is 0.158. The van der Waals surface area contributed by atoms with Crippen LogP contribution in [0.1, 0.15) is 22.3 Å². The van der Waals surface area contributed by atoms with Crippen molar-refractivity contribution < 1.29 is 22.7 Å². The maximum absolute atomic E-state index is 14.1. The molecule has 4 aromatic rings. The van der Waals surface area contributed by atoms with E-state index in [0.717, 1.165) is 16.7 Å². The molecule has 0 fully saturated rings. The molecule has 0 saturated carbocycles. The number of carbonyl (C=O) groups excluding carboxylic acids is 1. The summed E-state index contributed by atoms with van der Waals surface area (Å²) in [5.41, 5.74) is 3.38. The zero-order chi connectivity index (χ0) is 27.0. The predicted molar refractivity (Wildman–Crippen MR) is 147 cm³/mol. The number of sulfonamides is 1. The van der Waals surface area contributed by atoms with Gasteiger partial charge in [0.1, 0.15) is 18.4 Å². The summed E-state index contributed by atoms with van der Waals surface area (Å²) in [6, 6.07) is 31.8. The molecule has 196 valence electrons. The maximum Gasteiger partial charge on any atom is 0.324 e. The van der Waals surface area contributed by atoms with E-state index in [2.05, 4.69) is 0 Å². The first-order valence-electron chi connectivity index (χ1n) is 12.3. The molecule has 4 rings (SSSR count). The standard InChI is InChI=1S/C31H31NO5S/c1-24-17-19-28(20-18-24)38(34,35)32(29(31(33)36-2)21-25-11-5-3-6-12-25)22-27-15-9-10-16-30(27)37-23-26-13-7-4-8-14-26/h3-20,29H,21-23H2,1-2H3/t29-/m0/s1. The minimum Gasteiger partial charge on any atom is -0.489 e. The van der Waals surface area contributed by atoms with Gasteiger partial charge in [-0.25, -0.2) is 8.42 Å². The van der Waals surface area contributed by atoms with Crippen molar-refractivity contribution in [3.05, 3.63) is 131 Å². The Kier molecular flexibility index (Phi) is 8.94. The smallest absolute Gasteiger partial charge is 0.324 e. The second-order valence-corrected chi connectivity index (χ2v) is 10.9. The summed E-state index contributed by atoms with van der Waals surface area (Å²) < 4.78 is 40.6. The van der Waals surface area contributed by atoms with Crippen LogP contribution in [-0.4, -0.2) is 31.8 Å². The van der Waals surface area contributed by atoms with Crippen molar-refractivity contribution in [2.24, 2.45) is 0 Å². The maximum atomic E-state index is 14.1. The molecule has 0 aliphatic rings. The van der Waals surface area contributed by atoms with Crippen LogP contribution in [0.5, 0.6) is 5.75 Å². The van der Waals surface area contributed by atoms with E-state index in [1.165, 1.54) is 11.4 Å². The highest BCUT2D eigenvalue weighted by Gasteiger charge is 2.37. The van der Waals surface area contributed by atoms with Crippen molar-refractivity contribution >= 4 is 16.0 Å². The average Bonchev–Trinajstić information content (AvgIpc) is 2.95. The summed E-state index contributed by atoms with van der Waals surface area (Å²) >= 11 is 0. The molecule has 38 heavy (non-hydrogen) atoms. The lowest BCUT2D eigenvalue weighted by molar-refractivity contribution is -0.145. The van der Waals surface area contributed by atoms with Gasteiger partial charge in [0.15, 0.2) is 0 Å². The molecule has 0 aliphatic carbocycles. The minimum absolute atomic E-state index is 0.0756. The molecule has 0 saturated heterocycles. The molecule has 0 unspecified atom stereocenters. The largest absolute Gasteiger partial charge is 0.489 e. The summed E-state index contributed by atoms with van der Waals surface area (Å²) in [5, 5.41) is 0. The van der Waals surface area contributed by atoms with Gasteiger partial charge in [0, 0.05) is 12.1 Å². The highest BCUT2D eigenvalue weighted by molar-refractivity contribution is 7.89. The van der Waals surface area contributed by atoms with E-state index in [-0.39, 0.29) is 17.9 Å². The van der Waals surface area contributed by atoms with Gasteiger partial charge < -0.3 is 9.47 Å². The fraction of sp³-hybridized carbons (Fsp3) is 0.194. The Bertz CT molecular complexity index is 1440. The first kappa shape index (κ1) is 27.1. The predicted octanol–water partition coefficient (Wildman–Crippen LogP) is 5.55. The Hall–Kier alpha value is -3.94. The summed E-state index contributed by atoms with van der Waals surface area (Å²) in [6.45, 7) is 2.14. The Morgan fingerprint density at radius 2 is 1.37 bits per heavy atom. The van der Waals surface area contributed by atoms with Crippen molar-refractivity contribution in [2.45, 2.75) is 37.4 Å². The van der Waals surface area contributed by atoms with E-state index in [0.29, 0.717) is 17.9 Å². The fourth-order valence-electron chi connectivity index (χ4n) is 4.16. The Labute approximate surface area is 224 Å². The topological polar surface area (TPSA) is 72.9 Å². The van der Waals surface area contributed by atoms with E-state index in [4.69, 9.17) is 9.47 Å². The van der Waals surface area contributed by atoms with Gasteiger partial charge >= 0.3 is 5.97 Å². The lowest BCUT2D eigenvalue weighted by atomic mass is 10.1. The van der Waals surface area contributed by atoms with Gasteiger partial charge in [-0.05, 0) is 42.7 Å². The van der Waals surface area contributed by atoms with Crippen LogP contribution in [0.15, 0.2) is 114 Å². The van der Waals surface area contributed by atoms with Gasteiger partial charge in [-0.3, -0.25) is 4.79 Å². The number of methoxy groups -OCH3 is 1. The van der Waals surface area contributed by atoms with Gasteiger partial charge in [-0.15, -0.1) is 0 Å². The van der Waals surface area contributed by atoms with Crippen molar-refractivity contribution in [3.63, 3.8) is 0 Å². The molecular formula is C31H31NO5S. The number of hydrogen-bond acceptors (Lipinski definition) is 5. The zero-order valence-corrected chi connectivity index (χ0v) is 22.3. The molecule has 0 radical (unpaired) electrons. The van der Waals surface area contributed by atoms with Crippen LogP contribution in [0, 0.1) is 6.92 Å². The Morgan fingerprint density at radius 3 is 2.00 bits per heavy atom. The van der Waals surface area contributed by atoms with E-state index in [9.17, 15) is 13.2 Å². The van der Waals surface area contributed by atoms with Crippen molar-refractivity contribution in [1.82, 2.24) is 4.31 Å². The normalized spacial score (nSPS) is 12.2. The number of benzene rings is 4. The number of hydrogen-bond donors (Lipinski definition) is 0. The highest BCUT2D eigenvalue weighted by Crippen LogP contribution is 2.28. The number of rotatable bonds is 11. The fourth-order valence-corrected chi connectivity index (χ4v) is 5.72. The quantitative estimate of drug-likeness (QED) is 0.238. The van der Waals surface area contributed by atoms with Crippen molar-refractivity contribution in [2.75, 3.05) is 7.11 Å². The number of nitrogens with zero attached hydrogens (tertiary/aromatic N) is 1. The van der Waals surface area contributed by atoms with Crippen LogP contribution in [0.4, 0.5) is 0 Å². The monoisotopic (exact) mass is 529 g/mol. The Morgan fingerprint density at radius 1 is 0.789 bits per heavy atom. The van der Waals surface area contributed by atoms with Crippen LogP contribution in [0.3, 0.4) is 0 Å². The second-order valence-electron chi connectivity index (χ2n) is 8.97. The van der Waals surface area contributed by atoms with E-state index in [1.54, 1.807) is 30.3 Å². The van der Waals surface area contributed by atoms with Crippen molar-refractivity contribution in [1.29, 1.82) is 0 Å². The van der Waals surface area contributed by atoms with Gasteiger partial charge in [-0.2, -0.15) is 4.31 Å². The molecule has 0 aromatic heterocycles. The highest BCUT2D eigenvalue weighted by atomic mass is 32.2. The molecular weight excluding hydrogens is 498 g/mol. The summed E-state index contributed by atoms with van der Waals surface area (Å²) in [5.74, 6) is -0.0870.